The van der Waals surface area contributed by atoms with Gasteiger partial charge in [-0.25, -0.2) is 0 Å². The Hall–Kier alpha value is -3.91. The minimum absolute atomic E-state index is 0.0335. The molecular weight excluding hydrogens is 434 g/mol. The average Bonchev–Trinajstić information content (AvgIpc) is 3.60. The predicted octanol–water partition coefficient (Wildman–Crippen LogP) is 3.08. The first kappa shape index (κ1) is 23.3. The molecule has 34 heavy (non-hydrogen) atoms. The van der Waals surface area contributed by atoms with Gasteiger partial charge < -0.3 is 19.8 Å². The molecule has 4 rings (SSSR count). The maximum atomic E-state index is 13.5. The second-order valence-electron chi connectivity index (χ2n) is 7.95. The molecule has 0 aliphatic carbocycles. The monoisotopic (exact) mass is 461 g/mol. The summed E-state index contributed by atoms with van der Waals surface area (Å²) in [6, 6.07) is 20.2. The van der Waals surface area contributed by atoms with Crippen LogP contribution in [0.1, 0.15) is 35.0 Å². The van der Waals surface area contributed by atoms with Crippen molar-refractivity contribution < 1.29 is 23.5 Å². The highest BCUT2D eigenvalue weighted by atomic mass is 16.5. The SMILES string of the molecule is O=C(NCC(=O)N(c1ccccc1)[C@H](C(=O)NC[C@@H]1CCCO1)c1ccccc1)c1ccco1. The second kappa shape index (κ2) is 11.3. The Morgan fingerprint density at radius 1 is 0.941 bits per heavy atom. The number of carbonyl (C=O) groups is 3. The number of anilines is 1. The van der Waals surface area contributed by atoms with Gasteiger partial charge in [-0.05, 0) is 42.7 Å². The van der Waals surface area contributed by atoms with Crippen LogP contribution in [0, 0.1) is 0 Å². The molecule has 1 aliphatic rings. The van der Waals surface area contributed by atoms with Gasteiger partial charge in [0.25, 0.3) is 5.91 Å². The molecule has 2 heterocycles. The number of ether oxygens (including phenoxy) is 1. The molecule has 0 spiro atoms. The van der Waals surface area contributed by atoms with Crippen LogP contribution in [0.25, 0.3) is 0 Å². The number of hydrogen-bond donors (Lipinski definition) is 2. The third-order valence-corrected chi connectivity index (χ3v) is 5.60. The third-order valence-electron chi connectivity index (χ3n) is 5.60. The number of rotatable bonds is 9. The van der Waals surface area contributed by atoms with Gasteiger partial charge in [0.2, 0.25) is 11.8 Å². The highest BCUT2D eigenvalue weighted by molar-refractivity contribution is 6.04. The van der Waals surface area contributed by atoms with Gasteiger partial charge in [-0.3, -0.25) is 19.3 Å². The van der Waals surface area contributed by atoms with E-state index in [4.69, 9.17) is 9.15 Å². The molecule has 3 amide bonds. The Labute approximate surface area is 197 Å². The van der Waals surface area contributed by atoms with Gasteiger partial charge in [0.15, 0.2) is 5.76 Å². The molecule has 1 saturated heterocycles. The van der Waals surface area contributed by atoms with Crippen molar-refractivity contribution in [2.75, 3.05) is 24.6 Å². The normalized spacial score (nSPS) is 15.9. The summed E-state index contributed by atoms with van der Waals surface area (Å²) in [5, 5.41) is 5.54. The van der Waals surface area contributed by atoms with Gasteiger partial charge in [-0.15, -0.1) is 0 Å². The molecule has 3 aromatic rings. The summed E-state index contributed by atoms with van der Waals surface area (Å²) < 4.78 is 10.7. The largest absolute Gasteiger partial charge is 0.459 e. The van der Waals surface area contributed by atoms with E-state index in [0.717, 1.165) is 12.8 Å². The maximum absolute atomic E-state index is 13.5. The Bertz CT molecular complexity index is 1080. The van der Waals surface area contributed by atoms with Crippen molar-refractivity contribution in [1.82, 2.24) is 10.6 Å². The first-order chi connectivity index (χ1) is 16.6. The molecule has 2 aromatic carbocycles. The summed E-state index contributed by atoms with van der Waals surface area (Å²) in [5.41, 5.74) is 1.20. The fraction of sp³-hybridized carbons (Fsp3) is 0.269. The third kappa shape index (κ3) is 5.71. The van der Waals surface area contributed by atoms with Crippen LogP contribution in [0.3, 0.4) is 0 Å². The zero-order chi connectivity index (χ0) is 23.8. The minimum atomic E-state index is -0.932. The van der Waals surface area contributed by atoms with Gasteiger partial charge >= 0.3 is 0 Å². The van der Waals surface area contributed by atoms with E-state index in [9.17, 15) is 14.4 Å². The Morgan fingerprint density at radius 2 is 1.68 bits per heavy atom. The van der Waals surface area contributed by atoms with Crippen molar-refractivity contribution in [2.24, 2.45) is 0 Å². The topological polar surface area (TPSA) is 101 Å². The van der Waals surface area contributed by atoms with Gasteiger partial charge in [-0.2, -0.15) is 0 Å². The standard InChI is InChI=1S/C26H27N3O5/c30-23(18-28-25(31)22-14-8-16-34-22)29(20-11-5-2-6-12-20)24(19-9-3-1-4-10-19)26(32)27-17-21-13-7-15-33-21/h1-6,8-12,14,16,21,24H,7,13,15,17-18H2,(H,27,32)(H,28,31)/t21-,24-/m0/s1. The quantitative estimate of drug-likeness (QED) is 0.510. The fourth-order valence-corrected chi connectivity index (χ4v) is 3.93. The molecule has 1 aromatic heterocycles. The van der Waals surface area contributed by atoms with Crippen molar-refractivity contribution in [2.45, 2.75) is 25.0 Å². The highest BCUT2D eigenvalue weighted by Gasteiger charge is 2.33. The lowest BCUT2D eigenvalue weighted by Crippen LogP contribution is -2.48. The number of amides is 3. The molecule has 0 saturated carbocycles. The minimum Gasteiger partial charge on any atom is -0.459 e. The van der Waals surface area contributed by atoms with Crippen LogP contribution in [0.15, 0.2) is 83.5 Å². The van der Waals surface area contributed by atoms with E-state index in [0.29, 0.717) is 24.4 Å². The second-order valence-corrected chi connectivity index (χ2v) is 7.95. The fourth-order valence-electron chi connectivity index (χ4n) is 3.93. The summed E-state index contributed by atoms with van der Waals surface area (Å²) in [6.07, 6.45) is 3.20. The summed E-state index contributed by atoms with van der Waals surface area (Å²) >= 11 is 0. The van der Waals surface area contributed by atoms with Crippen LogP contribution < -0.4 is 15.5 Å². The summed E-state index contributed by atoms with van der Waals surface area (Å²) in [7, 11) is 0. The van der Waals surface area contributed by atoms with Crippen molar-refractivity contribution in [1.29, 1.82) is 0 Å². The maximum Gasteiger partial charge on any atom is 0.287 e. The van der Waals surface area contributed by atoms with Crippen LogP contribution >= 0.6 is 0 Å². The van der Waals surface area contributed by atoms with E-state index in [2.05, 4.69) is 10.6 Å². The highest BCUT2D eigenvalue weighted by Crippen LogP contribution is 2.28. The van der Waals surface area contributed by atoms with Crippen LogP contribution in [-0.4, -0.2) is 43.5 Å². The van der Waals surface area contributed by atoms with Gasteiger partial charge in [-0.1, -0.05) is 48.5 Å². The van der Waals surface area contributed by atoms with E-state index in [1.54, 1.807) is 42.5 Å². The molecule has 8 nitrogen and oxygen atoms in total. The summed E-state index contributed by atoms with van der Waals surface area (Å²) in [4.78, 5) is 40.7. The van der Waals surface area contributed by atoms with E-state index >= 15 is 0 Å². The Kier molecular flexibility index (Phi) is 7.72. The van der Waals surface area contributed by atoms with Crippen molar-refractivity contribution in [3.05, 3.63) is 90.4 Å². The molecule has 1 fully saturated rings. The zero-order valence-corrected chi connectivity index (χ0v) is 18.7. The zero-order valence-electron chi connectivity index (χ0n) is 18.7. The van der Waals surface area contributed by atoms with E-state index in [1.807, 2.05) is 24.3 Å². The molecule has 176 valence electrons. The van der Waals surface area contributed by atoms with E-state index in [1.165, 1.54) is 17.2 Å². The van der Waals surface area contributed by atoms with Crippen LogP contribution in [0.2, 0.25) is 0 Å². The number of hydrogen-bond acceptors (Lipinski definition) is 5. The number of benzene rings is 2. The average molecular weight is 462 g/mol. The van der Waals surface area contributed by atoms with E-state index < -0.39 is 17.9 Å². The molecule has 0 bridgehead atoms. The van der Waals surface area contributed by atoms with Gasteiger partial charge in [0, 0.05) is 18.8 Å². The number of furan rings is 1. The molecular formula is C26H27N3O5. The number of carbonyl (C=O) groups excluding carboxylic acids is 3. The number of para-hydroxylation sites is 1. The van der Waals surface area contributed by atoms with E-state index in [-0.39, 0.29) is 24.3 Å². The molecule has 2 atom stereocenters. The lowest BCUT2D eigenvalue weighted by Gasteiger charge is -2.32. The van der Waals surface area contributed by atoms with Crippen molar-refractivity contribution >= 4 is 23.4 Å². The molecule has 0 unspecified atom stereocenters. The van der Waals surface area contributed by atoms with Crippen molar-refractivity contribution in [3.8, 4) is 0 Å². The first-order valence-corrected chi connectivity index (χ1v) is 11.3. The number of nitrogens with zero attached hydrogens (tertiary/aromatic N) is 1. The predicted molar refractivity (Wildman–Crippen MR) is 126 cm³/mol. The molecule has 1 aliphatic heterocycles. The van der Waals surface area contributed by atoms with Gasteiger partial charge in [0.1, 0.15) is 6.04 Å². The molecule has 0 radical (unpaired) electrons. The van der Waals surface area contributed by atoms with Crippen molar-refractivity contribution in [3.63, 3.8) is 0 Å². The summed E-state index contributed by atoms with van der Waals surface area (Å²) in [6.45, 7) is 0.748. The van der Waals surface area contributed by atoms with Crippen LogP contribution in [0.5, 0.6) is 0 Å². The summed E-state index contributed by atoms with van der Waals surface area (Å²) in [5.74, 6) is -1.16. The Morgan fingerprint density at radius 3 is 2.32 bits per heavy atom. The van der Waals surface area contributed by atoms with Gasteiger partial charge in [0.05, 0.1) is 18.9 Å². The number of nitrogens with one attached hydrogen (secondary N) is 2. The van der Waals surface area contributed by atoms with Crippen LogP contribution in [0.4, 0.5) is 5.69 Å². The lowest BCUT2D eigenvalue weighted by molar-refractivity contribution is -0.126. The molecule has 8 heteroatoms. The Balaban J connectivity index is 1.60. The molecule has 2 N–H and O–H groups in total. The first-order valence-electron chi connectivity index (χ1n) is 11.3. The van der Waals surface area contributed by atoms with Crippen LogP contribution in [-0.2, 0) is 14.3 Å². The lowest BCUT2D eigenvalue weighted by atomic mass is 10.0. The smallest absolute Gasteiger partial charge is 0.287 e.